The third-order valence-corrected chi connectivity index (χ3v) is 5.21. The lowest BCUT2D eigenvalue weighted by molar-refractivity contribution is 0.0525. The molecule has 1 heterocycles. The lowest BCUT2D eigenvalue weighted by Crippen LogP contribution is -2.29. The summed E-state index contributed by atoms with van der Waals surface area (Å²) in [6, 6.07) is 4.41. The molecule has 0 bridgehead atoms. The van der Waals surface area contributed by atoms with Crippen molar-refractivity contribution in [3.8, 4) is 0 Å². The van der Waals surface area contributed by atoms with Gasteiger partial charge in [-0.1, -0.05) is 19.8 Å². The predicted octanol–water partition coefficient (Wildman–Crippen LogP) is 3.59. The Morgan fingerprint density at radius 1 is 1.22 bits per heavy atom. The molecule has 2 rings (SSSR count). The zero-order chi connectivity index (χ0) is 12.8. The van der Waals surface area contributed by atoms with Gasteiger partial charge in [0.05, 0.1) is 13.2 Å². The summed E-state index contributed by atoms with van der Waals surface area (Å²) < 4.78 is 5.90. The van der Waals surface area contributed by atoms with Crippen LogP contribution in [0, 0.1) is 11.8 Å². The minimum atomic E-state index is 0.688. The summed E-state index contributed by atoms with van der Waals surface area (Å²) in [4.78, 5) is 2.80. The van der Waals surface area contributed by atoms with E-state index in [1.54, 1.807) is 0 Å². The Morgan fingerprint density at radius 3 is 2.61 bits per heavy atom. The molecule has 0 saturated heterocycles. The van der Waals surface area contributed by atoms with Crippen LogP contribution in [0.15, 0.2) is 12.1 Å². The lowest BCUT2D eigenvalue weighted by atomic mass is 9.80. The monoisotopic (exact) mass is 267 g/mol. The van der Waals surface area contributed by atoms with E-state index in [1.807, 2.05) is 11.3 Å². The van der Waals surface area contributed by atoms with Crippen LogP contribution in [0.3, 0.4) is 0 Å². The van der Waals surface area contributed by atoms with E-state index < -0.39 is 0 Å². The van der Waals surface area contributed by atoms with E-state index >= 15 is 0 Å². The minimum Gasteiger partial charge on any atom is -0.376 e. The molecule has 1 aliphatic rings. The molecular formula is C15H25NOS. The highest BCUT2D eigenvalue weighted by molar-refractivity contribution is 7.11. The van der Waals surface area contributed by atoms with Crippen molar-refractivity contribution >= 4 is 11.3 Å². The lowest BCUT2D eigenvalue weighted by Gasteiger charge is -2.30. The first-order valence-corrected chi connectivity index (χ1v) is 8.00. The van der Waals surface area contributed by atoms with Crippen molar-refractivity contribution in [2.75, 3.05) is 13.2 Å². The molecule has 2 atom stereocenters. The van der Waals surface area contributed by atoms with Crippen molar-refractivity contribution in [3.05, 3.63) is 21.9 Å². The molecule has 1 saturated carbocycles. The molecule has 102 valence electrons. The van der Waals surface area contributed by atoms with E-state index in [-0.39, 0.29) is 0 Å². The van der Waals surface area contributed by atoms with Crippen LogP contribution >= 0.6 is 11.3 Å². The van der Waals surface area contributed by atoms with Gasteiger partial charge in [-0.2, -0.15) is 0 Å². The number of nitrogens with two attached hydrogens (primary N) is 1. The van der Waals surface area contributed by atoms with E-state index in [0.29, 0.717) is 11.8 Å². The van der Waals surface area contributed by atoms with Crippen LogP contribution in [0.2, 0.25) is 0 Å². The Bertz CT molecular complexity index is 350. The van der Waals surface area contributed by atoms with Crippen LogP contribution in [0.4, 0.5) is 0 Å². The van der Waals surface area contributed by atoms with Crippen LogP contribution in [0.1, 0.15) is 42.4 Å². The first kappa shape index (κ1) is 14.0. The van der Waals surface area contributed by atoms with Crippen molar-refractivity contribution < 1.29 is 4.74 Å². The van der Waals surface area contributed by atoms with Crippen LogP contribution in [0.5, 0.6) is 0 Å². The minimum absolute atomic E-state index is 0.688. The van der Waals surface area contributed by atoms with Gasteiger partial charge in [0.15, 0.2) is 0 Å². The first-order valence-electron chi connectivity index (χ1n) is 7.19. The predicted molar refractivity (Wildman–Crippen MR) is 77.9 cm³/mol. The maximum absolute atomic E-state index is 5.90. The molecule has 3 heteroatoms. The summed E-state index contributed by atoms with van der Waals surface area (Å²) in [5, 5.41) is 0. The number of aryl methyl sites for hydroxylation is 1. The summed E-state index contributed by atoms with van der Waals surface area (Å²) >= 11 is 1.88. The molecule has 2 N–H and O–H groups in total. The fraction of sp³-hybridized carbons (Fsp3) is 0.733. The SMILES string of the molecule is CCc1ccc(COCC2CCCCC2CN)s1. The fourth-order valence-electron chi connectivity index (χ4n) is 2.81. The molecule has 0 spiro atoms. The third-order valence-electron chi connectivity index (χ3n) is 4.01. The van der Waals surface area contributed by atoms with Gasteiger partial charge < -0.3 is 10.5 Å². The van der Waals surface area contributed by atoms with Gasteiger partial charge in [-0.25, -0.2) is 0 Å². The molecule has 0 radical (unpaired) electrons. The van der Waals surface area contributed by atoms with Crippen LogP contribution in [-0.4, -0.2) is 13.2 Å². The molecule has 2 nitrogen and oxygen atoms in total. The second kappa shape index (κ2) is 7.27. The second-order valence-corrected chi connectivity index (χ2v) is 6.53. The largest absolute Gasteiger partial charge is 0.376 e. The second-order valence-electron chi connectivity index (χ2n) is 5.28. The molecule has 1 aromatic heterocycles. The summed E-state index contributed by atoms with van der Waals surface area (Å²) in [5.74, 6) is 1.38. The van der Waals surface area contributed by atoms with E-state index in [9.17, 15) is 0 Å². The van der Waals surface area contributed by atoms with Crippen molar-refractivity contribution in [2.45, 2.75) is 45.6 Å². The molecule has 1 aromatic rings. The Hall–Kier alpha value is -0.380. The highest BCUT2D eigenvalue weighted by Crippen LogP contribution is 2.29. The number of ether oxygens (including phenoxy) is 1. The Morgan fingerprint density at radius 2 is 1.94 bits per heavy atom. The number of rotatable bonds is 6. The summed E-state index contributed by atoms with van der Waals surface area (Å²) in [6.07, 6.45) is 6.42. The highest BCUT2D eigenvalue weighted by Gasteiger charge is 2.23. The molecule has 1 aliphatic carbocycles. The average molecular weight is 267 g/mol. The number of hydrogen-bond donors (Lipinski definition) is 1. The number of hydrogen-bond acceptors (Lipinski definition) is 3. The average Bonchev–Trinajstić information content (AvgIpc) is 2.87. The quantitative estimate of drug-likeness (QED) is 0.855. The van der Waals surface area contributed by atoms with Gasteiger partial charge in [-0.05, 0) is 49.8 Å². The first-order chi connectivity index (χ1) is 8.83. The molecule has 0 amide bonds. The van der Waals surface area contributed by atoms with Gasteiger partial charge in [0.2, 0.25) is 0 Å². The Labute approximate surface area is 115 Å². The maximum atomic E-state index is 5.90. The fourth-order valence-corrected chi connectivity index (χ4v) is 3.71. The maximum Gasteiger partial charge on any atom is 0.0809 e. The van der Waals surface area contributed by atoms with Gasteiger partial charge >= 0.3 is 0 Å². The normalized spacial score (nSPS) is 24.3. The van der Waals surface area contributed by atoms with Crippen LogP contribution in [0.25, 0.3) is 0 Å². The van der Waals surface area contributed by atoms with E-state index in [4.69, 9.17) is 10.5 Å². The molecule has 0 aliphatic heterocycles. The van der Waals surface area contributed by atoms with E-state index in [1.165, 1.54) is 35.4 Å². The molecule has 18 heavy (non-hydrogen) atoms. The summed E-state index contributed by atoms with van der Waals surface area (Å²) in [5.41, 5.74) is 5.84. The highest BCUT2D eigenvalue weighted by atomic mass is 32.1. The van der Waals surface area contributed by atoms with E-state index in [0.717, 1.165) is 26.2 Å². The third kappa shape index (κ3) is 3.81. The van der Waals surface area contributed by atoms with Gasteiger partial charge in [0, 0.05) is 9.75 Å². The van der Waals surface area contributed by atoms with Gasteiger partial charge in [-0.15, -0.1) is 11.3 Å². The zero-order valence-electron chi connectivity index (χ0n) is 11.4. The van der Waals surface area contributed by atoms with Crippen molar-refractivity contribution in [3.63, 3.8) is 0 Å². The molecule has 0 aromatic carbocycles. The van der Waals surface area contributed by atoms with Crippen molar-refractivity contribution in [1.82, 2.24) is 0 Å². The summed E-state index contributed by atoms with van der Waals surface area (Å²) in [7, 11) is 0. The Kier molecular flexibility index (Phi) is 5.67. The van der Waals surface area contributed by atoms with Crippen molar-refractivity contribution in [2.24, 2.45) is 17.6 Å². The van der Waals surface area contributed by atoms with Gasteiger partial charge in [0.25, 0.3) is 0 Å². The number of thiophene rings is 1. The molecule has 2 unspecified atom stereocenters. The molecule has 1 fully saturated rings. The van der Waals surface area contributed by atoms with Gasteiger partial charge in [0.1, 0.15) is 0 Å². The van der Waals surface area contributed by atoms with Gasteiger partial charge in [-0.3, -0.25) is 0 Å². The van der Waals surface area contributed by atoms with Crippen LogP contribution < -0.4 is 5.73 Å². The zero-order valence-corrected chi connectivity index (χ0v) is 12.2. The van der Waals surface area contributed by atoms with Crippen molar-refractivity contribution in [1.29, 1.82) is 0 Å². The Balaban J connectivity index is 1.73. The van der Waals surface area contributed by atoms with Crippen LogP contribution in [-0.2, 0) is 17.8 Å². The molecular weight excluding hydrogens is 242 g/mol. The summed E-state index contributed by atoms with van der Waals surface area (Å²) in [6.45, 7) is 4.69. The smallest absolute Gasteiger partial charge is 0.0809 e. The standard InChI is InChI=1S/C15H25NOS/c1-2-14-7-8-15(18-14)11-17-10-13-6-4-3-5-12(13)9-16/h7-8,12-13H,2-6,9-11,16H2,1H3. The van der Waals surface area contributed by atoms with E-state index in [2.05, 4.69) is 19.1 Å². The topological polar surface area (TPSA) is 35.2 Å².